The number of carbonyl (C=O) groups excluding carboxylic acids is 1. The number of nitrogens with zero attached hydrogens (tertiary/aromatic N) is 2. The van der Waals surface area contributed by atoms with Crippen LogP contribution in [0, 0.1) is 0 Å². The number of nitrogens with one attached hydrogen (secondary N) is 2. The first-order valence-electron chi connectivity index (χ1n) is 13.9. The van der Waals surface area contributed by atoms with Crippen molar-refractivity contribution in [2.45, 2.75) is 51.7 Å². The fourth-order valence-corrected chi connectivity index (χ4v) is 5.44. The summed E-state index contributed by atoms with van der Waals surface area (Å²) in [6.45, 7) is 6.19. The van der Waals surface area contributed by atoms with Crippen LogP contribution in [0.1, 0.15) is 43.7 Å². The molecule has 8 nitrogen and oxygen atoms in total. The van der Waals surface area contributed by atoms with Gasteiger partial charge in [0.1, 0.15) is 11.5 Å². The number of anilines is 1. The van der Waals surface area contributed by atoms with Crippen molar-refractivity contribution in [1.29, 1.82) is 0 Å². The quantitative estimate of drug-likeness (QED) is 0.270. The number of rotatable bonds is 12. The first kappa shape index (κ1) is 29.4. The summed E-state index contributed by atoms with van der Waals surface area (Å²) in [4.78, 5) is 17.6. The molecule has 1 heterocycles. The molecule has 3 aromatic carbocycles. The van der Waals surface area contributed by atoms with Crippen LogP contribution in [0.15, 0.2) is 78.9 Å². The average Bonchev–Trinajstić information content (AvgIpc) is 2.94. The first-order valence-corrected chi connectivity index (χ1v) is 15.8. The number of hydrogen-bond acceptors (Lipinski definition) is 5. The summed E-state index contributed by atoms with van der Waals surface area (Å²) in [5, 5.41) is 3.12. The predicted octanol–water partition coefficient (Wildman–Crippen LogP) is 5.83. The number of urea groups is 1. The molecule has 0 unspecified atom stereocenters. The van der Waals surface area contributed by atoms with Gasteiger partial charge in [-0.05, 0) is 66.8 Å². The van der Waals surface area contributed by atoms with E-state index < -0.39 is 10.0 Å². The minimum Gasteiger partial charge on any atom is -0.457 e. The highest BCUT2D eigenvalue weighted by molar-refractivity contribution is 7.92. The number of unbranched alkanes of at least 4 members (excludes halogenated alkanes) is 1. The zero-order valence-corrected chi connectivity index (χ0v) is 24.2. The molecule has 9 heteroatoms. The molecule has 1 saturated heterocycles. The Labute approximate surface area is 238 Å². The van der Waals surface area contributed by atoms with Crippen LogP contribution in [-0.4, -0.2) is 56.2 Å². The van der Waals surface area contributed by atoms with E-state index in [0.29, 0.717) is 24.5 Å². The van der Waals surface area contributed by atoms with Crippen molar-refractivity contribution in [3.05, 3.63) is 90.0 Å². The molecule has 40 heavy (non-hydrogen) atoms. The van der Waals surface area contributed by atoms with Crippen LogP contribution in [0.25, 0.3) is 0 Å². The third-order valence-electron chi connectivity index (χ3n) is 6.98. The van der Waals surface area contributed by atoms with Crippen molar-refractivity contribution in [1.82, 2.24) is 15.1 Å². The fourth-order valence-electron chi connectivity index (χ4n) is 4.87. The number of sulfonamides is 1. The van der Waals surface area contributed by atoms with Gasteiger partial charge in [0.15, 0.2) is 0 Å². The Kier molecular flexibility index (Phi) is 10.4. The summed E-state index contributed by atoms with van der Waals surface area (Å²) in [6.07, 6.45) is 5.06. The molecule has 0 aliphatic carbocycles. The van der Waals surface area contributed by atoms with Crippen LogP contribution in [-0.2, 0) is 23.1 Å². The molecule has 3 aromatic rings. The van der Waals surface area contributed by atoms with Gasteiger partial charge in [-0.3, -0.25) is 9.62 Å². The summed E-state index contributed by atoms with van der Waals surface area (Å²) in [5.74, 6) is 1.35. The highest BCUT2D eigenvalue weighted by atomic mass is 32.2. The van der Waals surface area contributed by atoms with Gasteiger partial charge in [-0.25, -0.2) is 13.2 Å². The normalized spacial score (nSPS) is 14.4. The second kappa shape index (κ2) is 14.2. The van der Waals surface area contributed by atoms with Crippen LogP contribution in [0.2, 0.25) is 0 Å². The summed E-state index contributed by atoms with van der Waals surface area (Å²) >= 11 is 0. The number of amides is 2. The lowest BCUT2D eigenvalue weighted by Crippen LogP contribution is -2.50. The van der Waals surface area contributed by atoms with Crippen molar-refractivity contribution >= 4 is 21.7 Å². The molecule has 214 valence electrons. The van der Waals surface area contributed by atoms with Gasteiger partial charge in [-0.2, -0.15) is 0 Å². The third-order valence-corrected chi connectivity index (χ3v) is 7.59. The van der Waals surface area contributed by atoms with Gasteiger partial charge in [0.05, 0.1) is 6.26 Å². The molecule has 2 N–H and O–H groups in total. The Morgan fingerprint density at radius 3 is 2.15 bits per heavy atom. The summed E-state index contributed by atoms with van der Waals surface area (Å²) < 4.78 is 31.1. The van der Waals surface area contributed by atoms with E-state index in [1.54, 1.807) is 24.3 Å². The Balaban J connectivity index is 1.28. The first-order chi connectivity index (χ1) is 19.3. The van der Waals surface area contributed by atoms with Crippen LogP contribution < -0.4 is 14.8 Å². The van der Waals surface area contributed by atoms with Gasteiger partial charge in [-0.1, -0.05) is 55.8 Å². The molecule has 0 bridgehead atoms. The van der Waals surface area contributed by atoms with E-state index in [-0.39, 0.29) is 12.1 Å². The average molecular weight is 565 g/mol. The van der Waals surface area contributed by atoms with E-state index >= 15 is 0 Å². The van der Waals surface area contributed by atoms with Crippen LogP contribution in [0.3, 0.4) is 0 Å². The molecule has 1 aliphatic heterocycles. The van der Waals surface area contributed by atoms with E-state index in [2.05, 4.69) is 46.1 Å². The maximum Gasteiger partial charge on any atom is 0.317 e. The molecule has 0 atom stereocenters. The van der Waals surface area contributed by atoms with Gasteiger partial charge in [0, 0.05) is 44.5 Å². The Bertz CT molecular complexity index is 1310. The summed E-state index contributed by atoms with van der Waals surface area (Å²) in [7, 11) is -3.31. The monoisotopic (exact) mass is 564 g/mol. The van der Waals surface area contributed by atoms with Gasteiger partial charge < -0.3 is 15.0 Å². The number of ether oxygens (including phenoxy) is 1. The minimum atomic E-state index is -3.31. The van der Waals surface area contributed by atoms with Crippen molar-refractivity contribution in [3.63, 3.8) is 0 Å². The highest BCUT2D eigenvalue weighted by Crippen LogP contribution is 2.25. The Hall–Kier alpha value is -3.56. The summed E-state index contributed by atoms with van der Waals surface area (Å²) in [6, 6.07) is 25.3. The smallest absolute Gasteiger partial charge is 0.317 e. The Morgan fingerprint density at radius 1 is 0.925 bits per heavy atom. The maximum absolute atomic E-state index is 13.1. The Morgan fingerprint density at radius 2 is 1.55 bits per heavy atom. The van der Waals surface area contributed by atoms with Gasteiger partial charge in [-0.15, -0.1) is 0 Å². The molecular weight excluding hydrogens is 524 g/mol. The molecule has 1 fully saturated rings. The largest absolute Gasteiger partial charge is 0.457 e. The molecule has 2 amide bonds. The van der Waals surface area contributed by atoms with Crippen LogP contribution >= 0.6 is 0 Å². The van der Waals surface area contributed by atoms with Gasteiger partial charge in [0.25, 0.3) is 0 Å². The van der Waals surface area contributed by atoms with Crippen molar-refractivity contribution in [2.75, 3.05) is 30.6 Å². The van der Waals surface area contributed by atoms with E-state index in [4.69, 9.17) is 4.74 Å². The molecule has 0 saturated carbocycles. The van der Waals surface area contributed by atoms with Crippen molar-refractivity contribution < 1.29 is 17.9 Å². The number of hydrogen-bond donors (Lipinski definition) is 2. The zero-order chi connectivity index (χ0) is 28.4. The maximum atomic E-state index is 13.1. The second-order valence-corrected chi connectivity index (χ2v) is 12.1. The predicted molar refractivity (Wildman–Crippen MR) is 160 cm³/mol. The fraction of sp³-hybridized carbons (Fsp3) is 0.387. The van der Waals surface area contributed by atoms with Crippen molar-refractivity contribution in [3.8, 4) is 11.5 Å². The molecule has 1 aliphatic rings. The second-order valence-electron chi connectivity index (χ2n) is 10.4. The van der Waals surface area contributed by atoms with Gasteiger partial charge >= 0.3 is 6.03 Å². The van der Waals surface area contributed by atoms with Crippen molar-refractivity contribution in [2.24, 2.45) is 0 Å². The topological polar surface area (TPSA) is 91.0 Å². The lowest BCUT2D eigenvalue weighted by atomic mass is 10.0. The molecule has 4 rings (SSSR count). The number of carbonyl (C=O) groups is 1. The van der Waals surface area contributed by atoms with Crippen LogP contribution in [0.5, 0.6) is 11.5 Å². The molecule has 0 spiro atoms. The van der Waals surface area contributed by atoms with E-state index in [1.165, 1.54) is 5.56 Å². The standard InChI is InChI=1S/C31H40N4O4S/c1-3-4-20-32-31(36)35(24-25-8-6-5-7-9-25)28-18-21-34(22-19-28)23-26-10-14-29(15-11-26)39-30-16-12-27(13-17-30)33-40(2,37)38/h5-17,28,33H,3-4,18-24H2,1-2H3,(H,32,36). The highest BCUT2D eigenvalue weighted by Gasteiger charge is 2.28. The SMILES string of the molecule is CCCCNC(=O)N(Cc1ccccc1)C1CCN(Cc2ccc(Oc3ccc(NS(C)(=O)=O)cc3)cc2)CC1. The number of benzene rings is 3. The lowest BCUT2D eigenvalue weighted by Gasteiger charge is -2.38. The zero-order valence-electron chi connectivity index (χ0n) is 23.4. The minimum absolute atomic E-state index is 0.0349. The number of likely N-dealkylation sites (tertiary alicyclic amines) is 1. The number of piperidine rings is 1. The summed E-state index contributed by atoms with van der Waals surface area (Å²) in [5.41, 5.74) is 2.85. The lowest BCUT2D eigenvalue weighted by molar-refractivity contribution is 0.113. The van der Waals surface area contributed by atoms with Gasteiger partial charge in [0.2, 0.25) is 10.0 Å². The molecule has 0 aromatic heterocycles. The van der Waals surface area contributed by atoms with E-state index in [0.717, 1.165) is 62.9 Å². The van der Waals surface area contributed by atoms with E-state index in [9.17, 15) is 13.2 Å². The van der Waals surface area contributed by atoms with E-state index in [1.807, 2.05) is 35.2 Å². The molecular formula is C31H40N4O4S. The molecule has 0 radical (unpaired) electrons. The van der Waals surface area contributed by atoms with Crippen LogP contribution in [0.4, 0.5) is 10.5 Å². The third kappa shape index (κ3) is 9.27.